The minimum atomic E-state index is -4.13. The predicted molar refractivity (Wildman–Crippen MR) is 97.0 cm³/mol. The fraction of sp³-hybridized carbons (Fsp3) is 0.684. The van der Waals surface area contributed by atoms with Crippen LogP contribution in [0.5, 0.6) is 5.75 Å². The summed E-state index contributed by atoms with van der Waals surface area (Å²) in [6, 6.07) is 8.27. The van der Waals surface area contributed by atoms with Crippen molar-refractivity contribution in [3.63, 3.8) is 0 Å². The van der Waals surface area contributed by atoms with Gasteiger partial charge >= 0.3 is 6.18 Å². The van der Waals surface area contributed by atoms with Crippen LogP contribution < -0.4 is 10.1 Å². The molecular weight excluding hydrogens is 359 g/mol. The fourth-order valence-electron chi connectivity index (χ4n) is 3.85. The molecule has 0 amide bonds. The highest BCUT2D eigenvalue weighted by atomic mass is 19.4. The highest BCUT2D eigenvalue weighted by Crippen LogP contribution is 2.25. The van der Waals surface area contributed by atoms with E-state index < -0.39 is 12.7 Å². The van der Waals surface area contributed by atoms with Crippen molar-refractivity contribution in [1.29, 1.82) is 0 Å². The van der Waals surface area contributed by atoms with E-state index in [2.05, 4.69) is 22.3 Å². The topological polar surface area (TPSA) is 37.0 Å². The van der Waals surface area contributed by atoms with Gasteiger partial charge in [0.15, 0.2) is 0 Å². The second-order valence-corrected chi connectivity index (χ2v) is 7.18. The standard InChI is InChI=1S/C19H28F3N3O2/c1-26-17-4-2-15(3-5-17)18(25-8-10-27-11-9-25)12-23-16-6-7-24(13-16)14-19(20,21)22/h2-5,16,18,23H,6-14H2,1H3. The first-order valence-corrected chi connectivity index (χ1v) is 9.43. The molecule has 0 aromatic heterocycles. The maximum Gasteiger partial charge on any atom is 0.401 e. The van der Waals surface area contributed by atoms with Crippen LogP contribution in [0.3, 0.4) is 0 Å². The number of methoxy groups -OCH3 is 1. The number of alkyl halides is 3. The Hall–Kier alpha value is -1.35. The summed E-state index contributed by atoms with van der Waals surface area (Å²) in [6.45, 7) is 3.92. The van der Waals surface area contributed by atoms with Crippen LogP contribution in [0.25, 0.3) is 0 Å². The maximum absolute atomic E-state index is 12.6. The molecule has 1 aromatic rings. The molecule has 0 radical (unpaired) electrons. The average molecular weight is 387 g/mol. The molecule has 2 saturated heterocycles. The van der Waals surface area contributed by atoms with Gasteiger partial charge in [-0.1, -0.05) is 12.1 Å². The van der Waals surface area contributed by atoms with Gasteiger partial charge in [0.2, 0.25) is 0 Å². The summed E-state index contributed by atoms with van der Waals surface area (Å²) in [6.07, 6.45) is -3.39. The van der Waals surface area contributed by atoms with Crippen LogP contribution in [0, 0.1) is 0 Å². The molecule has 152 valence electrons. The lowest BCUT2D eigenvalue weighted by Crippen LogP contribution is -2.45. The highest BCUT2D eigenvalue weighted by molar-refractivity contribution is 5.29. The van der Waals surface area contributed by atoms with Crippen molar-refractivity contribution in [3.05, 3.63) is 29.8 Å². The number of hydrogen-bond acceptors (Lipinski definition) is 5. The Labute approximate surface area is 158 Å². The molecule has 5 nitrogen and oxygen atoms in total. The molecule has 8 heteroatoms. The summed E-state index contributed by atoms with van der Waals surface area (Å²) >= 11 is 0. The van der Waals surface area contributed by atoms with Gasteiger partial charge in [0.05, 0.1) is 26.9 Å². The van der Waals surface area contributed by atoms with Crippen LogP contribution in [0.15, 0.2) is 24.3 Å². The third-order valence-corrected chi connectivity index (χ3v) is 5.26. The lowest BCUT2D eigenvalue weighted by molar-refractivity contribution is -0.143. The highest BCUT2D eigenvalue weighted by Gasteiger charge is 2.34. The van der Waals surface area contributed by atoms with Crippen LogP contribution >= 0.6 is 0 Å². The molecule has 2 aliphatic heterocycles. The van der Waals surface area contributed by atoms with E-state index in [1.807, 2.05) is 12.1 Å². The summed E-state index contributed by atoms with van der Waals surface area (Å²) in [7, 11) is 1.64. The predicted octanol–water partition coefficient (Wildman–Crippen LogP) is 2.29. The minimum absolute atomic E-state index is 0.0918. The first kappa shape index (κ1) is 20.4. The first-order valence-electron chi connectivity index (χ1n) is 9.43. The van der Waals surface area contributed by atoms with Gasteiger partial charge in [-0.2, -0.15) is 13.2 Å². The van der Waals surface area contributed by atoms with E-state index in [9.17, 15) is 13.2 Å². The molecule has 3 rings (SSSR count). The number of morpholine rings is 1. The lowest BCUT2D eigenvalue weighted by atomic mass is 10.0. The van der Waals surface area contributed by atoms with Crippen molar-refractivity contribution in [2.24, 2.45) is 0 Å². The number of nitrogens with zero attached hydrogens (tertiary/aromatic N) is 2. The monoisotopic (exact) mass is 387 g/mol. The molecule has 0 aliphatic carbocycles. The number of hydrogen-bond donors (Lipinski definition) is 1. The molecule has 0 saturated carbocycles. The smallest absolute Gasteiger partial charge is 0.401 e. The largest absolute Gasteiger partial charge is 0.497 e. The van der Waals surface area contributed by atoms with Crippen LogP contribution in [0.4, 0.5) is 13.2 Å². The molecular formula is C19H28F3N3O2. The van der Waals surface area contributed by atoms with Gasteiger partial charge in [-0.15, -0.1) is 0 Å². The molecule has 27 heavy (non-hydrogen) atoms. The summed E-state index contributed by atoms with van der Waals surface area (Å²) in [5, 5.41) is 3.50. The fourth-order valence-corrected chi connectivity index (χ4v) is 3.85. The summed E-state index contributed by atoms with van der Waals surface area (Å²) in [5.41, 5.74) is 1.18. The molecule has 2 unspecified atom stereocenters. The Morgan fingerprint density at radius 3 is 2.52 bits per heavy atom. The minimum Gasteiger partial charge on any atom is -0.497 e. The zero-order valence-electron chi connectivity index (χ0n) is 15.7. The van der Waals surface area contributed by atoms with Crippen molar-refractivity contribution in [2.75, 3.05) is 59.6 Å². The number of halogens is 3. The lowest BCUT2D eigenvalue weighted by Gasteiger charge is -2.35. The Morgan fingerprint density at radius 1 is 1.19 bits per heavy atom. The van der Waals surface area contributed by atoms with Gasteiger partial charge in [-0.25, -0.2) is 0 Å². The molecule has 2 aliphatic rings. The van der Waals surface area contributed by atoms with Crippen molar-refractivity contribution in [3.8, 4) is 5.75 Å². The van der Waals surface area contributed by atoms with Gasteiger partial charge < -0.3 is 14.8 Å². The Balaban J connectivity index is 1.60. The van der Waals surface area contributed by atoms with Crippen molar-refractivity contribution >= 4 is 0 Å². The molecule has 0 spiro atoms. The van der Waals surface area contributed by atoms with E-state index in [1.165, 1.54) is 10.5 Å². The molecule has 0 bridgehead atoms. The summed E-state index contributed by atoms with van der Waals surface area (Å²) < 4.78 is 48.5. The number of ether oxygens (including phenoxy) is 2. The maximum atomic E-state index is 12.6. The van der Waals surface area contributed by atoms with E-state index in [-0.39, 0.29) is 12.1 Å². The average Bonchev–Trinajstić information content (AvgIpc) is 3.09. The van der Waals surface area contributed by atoms with E-state index in [4.69, 9.17) is 9.47 Å². The molecule has 2 fully saturated rings. The molecule has 1 N–H and O–H groups in total. The Bertz CT molecular complexity index is 577. The first-order chi connectivity index (χ1) is 12.9. The number of rotatable bonds is 7. The quantitative estimate of drug-likeness (QED) is 0.777. The van der Waals surface area contributed by atoms with Crippen LogP contribution in [-0.4, -0.2) is 81.6 Å². The SMILES string of the molecule is COc1ccc(C(CNC2CCN(CC(F)(F)F)C2)N2CCOCC2)cc1. The third kappa shape index (κ3) is 6.07. The van der Waals surface area contributed by atoms with Gasteiger partial charge in [-0.3, -0.25) is 9.80 Å². The normalized spacial score (nSPS) is 23.5. The Kier molecular flexibility index (Phi) is 6.97. The zero-order valence-corrected chi connectivity index (χ0v) is 15.7. The van der Waals surface area contributed by atoms with Crippen LogP contribution in [0.2, 0.25) is 0 Å². The van der Waals surface area contributed by atoms with E-state index in [1.54, 1.807) is 7.11 Å². The molecule has 2 heterocycles. The second-order valence-electron chi connectivity index (χ2n) is 7.18. The number of benzene rings is 1. The molecule has 1 aromatic carbocycles. The van der Waals surface area contributed by atoms with E-state index in [0.29, 0.717) is 32.8 Å². The number of likely N-dealkylation sites (tertiary alicyclic amines) is 1. The van der Waals surface area contributed by atoms with Gasteiger partial charge in [0.25, 0.3) is 0 Å². The van der Waals surface area contributed by atoms with E-state index in [0.717, 1.165) is 25.3 Å². The van der Waals surface area contributed by atoms with Crippen molar-refractivity contribution < 1.29 is 22.6 Å². The summed E-state index contributed by atoms with van der Waals surface area (Å²) in [4.78, 5) is 3.86. The van der Waals surface area contributed by atoms with Gasteiger partial charge in [0.1, 0.15) is 5.75 Å². The van der Waals surface area contributed by atoms with Gasteiger partial charge in [0, 0.05) is 44.8 Å². The Morgan fingerprint density at radius 2 is 1.89 bits per heavy atom. The van der Waals surface area contributed by atoms with Crippen molar-refractivity contribution in [1.82, 2.24) is 15.1 Å². The van der Waals surface area contributed by atoms with Gasteiger partial charge in [-0.05, 0) is 24.1 Å². The second kappa shape index (κ2) is 9.23. The van der Waals surface area contributed by atoms with Crippen molar-refractivity contribution in [2.45, 2.75) is 24.7 Å². The van der Waals surface area contributed by atoms with Crippen LogP contribution in [-0.2, 0) is 4.74 Å². The number of nitrogens with one attached hydrogen (secondary N) is 1. The summed E-state index contributed by atoms with van der Waals surface area (Å²) in [5.74, 6) is 0.811. The molecule has 2 atom stereocenters. The van der Waals surface area contributed by atoms with Crippen LogP contribution in [0.1, 0.15) is 18.0 Å². The third-order valence-electron chi connectivity index (χ3n) is 5.26. The zero-order chi connectivity index (χ0) is 19.3. The van der Waals surface area contributed by atoms with E-state index >= 15 is 0 Å².